The fraction of sp³-hybridized carbons (Fsp3) is 0.235. The van der Waals surface area contributed by atoms with E-state index >= 15 is 0 Å². The Hall–Kier alpha value is -2.69. The van der Waals surface area contributed by atoms with E-state index in [0.29, 0.717) is 10.6 Å². The van der Waals surface area contributed by atoms with E-state index in [1.165, 1.54) is 6.20 Å². The SMILES string of the molecule is CC1CNCc2cc3cc(-c4ncc(C(=O)O)s4)cc(C#N)c3n21. The zero-order chi connectivity index (χ0) is 16.8. The lowest BCUT2D eigenvalue weighted by molar-refractivity contribution is 0.0702. The van der Waals surface area contributed by atoms with Crippen molar-refractivity contribution in [3.8, 4) is 16.6 Å². The summed E-state index contributed by atoms with van der Waals surface area (Å²) >= 11 is 1.12. The number of carboxylic acids is 1. The third kappa shape index (κ3) is 2.19. The number of hydrogen-bond donors (Lipinski definition) is 2. The molecule has 0 saturated heterocycles. The Balaban J connectivity index is 1.93. The van der Waals surface area contributed by atoms with Gasteiger partial charge >= 0.3 is 5.97 Å². The topological polar surface area (TPSA) is 90.9 Å². The molecule has 120 valence electrons. The van der Waals surface area contributed by atoms with E-state index in [-0.39, 0.29) is 10.9 Å². The van der Waals surface area contributed by atoms with Gasteiger partial charge in [-0.3, -0.25) is 0 Å². The van der Waals surface area contributed by atoms with Crippen molar-refractivity contribution in [2.75, 3.05) is 6.54 Å². The largest absolute Gasteiger partial charge is 0.477 e. The van der Waals surface area contributed by atoms with Crippen LogP contribution in [0.1, 0.15) is 33.9 Å². The summed E-state index contributed by atoms with van der Waals surface area (Å²) in [6.07, 6.45) is 1.36. The molecule has 0 fully saturated rings. The highest BCUT2D eigenvalue weighted by atomic mass is 32.1. The molecule has 1 aromatic carbocycles. The van der Waals surface area contributed by atoms with Gasteiger partial charge in [-0.25, -0.2) is 9.78 Å². The average Bonchev–Trinajstić information content (AvgIpc) is 3.19. The predicted octanol–water partition coefficient (Wildman–Crippen LogP) is 3.00. The number of thiazole rings is 1. The van der Waals surface area contributed by atoms with Crippen LogP contribution >= 0.6 is 11.3 Å². The molecule has 6 nitrogen and oxygen atoms in total. The average molecular weight is 338 g/mol. The number of aromatic carboxylic acids is 1. The Morgan fingerprint density at radius 2 is 2.33 bits per heavy atom. The van der Waals surface area contributed by atoms with Crippen molar-refractivity contribution in [2.45, 2.75) is 19.5 Å². The molecule has 1 unspecified atom stereocenters. The number of aromatic nitrogens is 2. The summed E-state index contributed by atoms with van der Waals surface area (Å²) in [6, 6.07) is 8.44. The zero-order valence-corrected chi connectivity index (χ0v) is 13.7. The number of carbonyl (C=O) groups is 1. The van der Waals surface area contributed by atoms with Gasteiger partial charge in [-0.05, 0) is 25.1 Å². The molecule has 0 aliphatic carbocycles. The first-order valence-electron chi connectivity index (χ1n) is 7.56. The molecule has 0 spiro atoms. The van der Waals surface area contributed by atoms with E-state index in [9.17, 15) is 10.1 Å². The Bertz CT molecular complexity index is 1010. The van der Waals surface area contributed by atoms with E-state index in [2.05, 4.69) is 33.9 Å². The summed E-state index contributed by atoms with van der Waals surface area (Å²) in [4.78, 5) is 15.4. The van der Waals surface area contributed by atoms with Gasteiger partial charge in [0.2, 0.25) is 0 Å². The van der Waals surface area contributed by atoms with Gasteiger partial charge < -0.3 is 15.0 Å². The summed E-state index contributed by atoms with van der Waals surface area (Å²) < 4.78 is 2.22. The Labute approximate surface area is 142 Å². The van der Waals surface area contributed by atoms with Crippen LogP contribution in [0.3, 0.4) is 0 Å². The van der Waals surface area contributed by atoms with Gasteiger partial charge in [0.1, 0.15) is 16.0 Å². The minimum absolute atomic E-state index is 0.192. The van der Waals surface area contributed by atoms with E-state index in [1.54, 1.807) is 6.07 Å². The van der Waals surface area contributed by atoms with Crippen molar-refractivity contribution < 1.29 is 9.90 Å². The standard InChI is InChI=1S/C17H14N4O2S/c1-9-6-19-7-13-4-10-2-11(3-12(5-18)15(10)21(9)13)16-20-8-14(24-16)17(22)23/h2-4,8-9,19H,6-7H2,1H3,(H,22,23). The molecular formula is C17H14N4O2S. The summed E-state index contributed by atoms with van der Waals surface area (Å²) in [6.45, 7) is 3.78. The summed E-state index contributed by atoms with van der Waals surface area (Å²) in [5, 5.41) is 23.7. The van der Waals surface area contributed by atoms with Crippen LogP contribution in [0.25, 0.3) is 21.5 Å². The van der Waals surface area contributed by atoms with Crippen LogP contribution in [-0.2, 0) is 6.54 Å². The second-order valence-corrected chi connectivity index (χ2v) is 6.92. The molecule has 4 rings (SSSR count). The fourth-order valence-corrected chi connectivity index (χ4v) is 4.03. The van der Waals surface area contributed by atoms with Gasteiger partial charge in [-0.15, -0.1) is 11.3 Å². The van der Waals surface area contributed by atoms with Crippen molar-refractivity contribution >= 4 is 28.2 Å². The van der Waals surface area contributed by atoms with Gasteiger partial charge in [0.25, 0.3) is 0 Å². The molecule has 0 saturated carbocycles. The minimum atomic E-state index is -0.987. The molecule has 0 amide bonds. The molecule has 0 bridgehead atoms. The minimum Gasteiger partial charge on any atom is -0.477 e. The lowest BCUT2D eigenvalue weighted by Gasteiger charge is -2.25. The number of hydrogen-bond acceptors (Lipinski definition) is 5. The smallest absolute Gasteiger partial charge is 0.347 e. The van der Waals surface area contributed by atoms with Crippen molar-refractivity contribution in [2.24, 2.45) is 0 Å². The van der Waals surface area contributed by atoms with E-state index in [0.717, 1.165) is 46.6 Å². The molecule has 1 aliphatic heterocycles. The summed E-state index contributed by atoms with van der Waals surface area (Å²) in [7, 11) is 0. The summed E-state index contributed by atoms with van der Waals surface area (Å²) in [5.74, 6) is -0.987. The summed E-state index contributed by atoms with van der Waals surface area (Å²) in [5.41, 5.74) is 3.47. The lowest BCUT2D eigenvalue weighted by atomic mass is 10.1. The van der Waals surface area contributed by atoms with Gasteiger partial charge in [0, 0.05) is 35.8 Å². The highest BCUT2D eigenvalue weighted by Crippen LogP contribution is 2.34. The number of benzene rings is 1. The predicted molar refractivity (Wildman–Crippen MR) is 91.1 cm³/mol. The molecule has 3 aromatic rings. The van der Waals surface area contributed by atoms with Crippen molar-refractivity contribution in [1.82, 2.24) is 14.9 Å². The van der Waals surface area contributed by atoms with Crippen molar-refractivity contribution in [3.63, 3.8) is 0 Å². The third-order valence-electron chi connectivity index (χ3n) is 4.28. The molecule has 1 aliphatic rings. The first kappa shape index (κ1) is 14.9. The maximum Gasteiger partial charge on any atom is 0.347 e. The van der Waals surface area contributed by atoms with Crippen molar-refractivity contribution in [3.05, 3.63) is 40.5 Å². The second kappa shape index (κ2) is 5.44. The monoisotopic (exact) mass is 338 g/mol. The van der Waals surface area contributed by atoms with Gasteiger partial charge in [-0.1, -0.05) is 0 Å². The molecule has 2 N–H and O–H groups in total. The Morgan fingerprint density at radius 3 is 3.04 bits per heavy atom. The van der Waals surface area contributed by atoms with Crippen LogP contribution in [-0.4, -0.2) is 27.2 Å². The number of fused-ring (bicyclic) bond motifs is 3. The molecule has 24 heavy (non-hydrogen) atoms. The van der Waals surface area contributed by atoms with E-state index in [4.69, 9.17) is 5.11 Å². The van der Waals surface area contributed by atoms with Gasteiger partial charge in [0.15, 0.2) is 0 Å². The highest BCUT2D eigenvalue weighted by Gasteiger charge is 2.21. The maximum atomic E-state index is 11.1. The van der Waals surface area contributed by atoms with Gasteiger partial charge in [0.05, 0.1) is 17.3 Å². The second-order valence-electron chi connectivity index (χ2n) is 5.89. The number of nitrogens with one attached hydrogen (secondary N) is 1. The molecular weight excluding hydrogens is 324 g/mol. The quantitative estimate of drug-likeness (QED) is 0.749. The zero-order valence-electron chi connectivity index (χ0n) is 12.9. The normalized spacial score (nSPS) is 16.8. The molecule has 7 heteroatoms. The van der Waals surface area contributed by atoms with E-state index < -0.39 is 5.97 Å². The number of rotatable bonds is 2. The van der Waals surface area contributed by atoms with Crippen LogP contribution in [0, 0.1) is 11.3 Å². The van der Waals surface area contributed by atoms with Crippen LogP contribution in [0.2, 0.25) is 0 Å². The number of carboxylic acid groups (broad SMARTS) is 1. The van der Waals surface area contributed by atoms with Crippen LogP contribution in [0.15, 0.2) is 24.4 Å². The molecule has 2 aromatic heterocycles. The van der Waals surface area contributed by atoms with E-state index in [1.807, 2.05) is 6.07 Å². The molecule has 1 atom stereocenters. The van der Waals surface area contributed by atoms with Gasteiger partial charge in [-0.2, -0.15) is 5.26 Å². The third-order valence-corrected chi connectivity index (χ3v) is 5.32. The van der Waals surface area contributed by atoms with Crippen LogP contribution < -0.4 is 5.32 Å². The Kier molecular flexibility index (Phi) is 3.37. The van der Waals surface area contributed by atoms with Crippen LogP contribution in [0.4, 0.5) is 0 Å². The lowest BCUT2D eigenvalue weighted by Crippen LogP contribution is -2.31. The fourth-order valence-electron chi connectivity index (χ4n) is 3.28. The molecule has 0 radical (unpaired) electrons. The maximum absolute atomic E-state index is 11.1. The Morgan fingerprint density at radius 1 is 1.50 bits per heavy atom. The highest BCUT2D eigenvalue weighted by molar-refractivity contribution is 7.16. The first-order valence-corrected chi connectivity index (χ1v) is 8.38. The number of nitriles is 1. The van der Waals surface area contributed by atoms with Crippen LogP contribution in [0.5, 0.6) is 0 Å². The number of nitrogens with zero attached hydrogens (tertiary/aromatic N) is 3. The first-order chi connectivity index (χ1) is 11.6. The molecule has 3 heterocycles. The van der Waals surface area contributed by atoms with Crippen molar-refractivity contribution in [1.29, 1.82) is 5.26 Å².